The number of fused-ring (bicyclic) bond motifs is 3. The van der Waals surface area contributed by atoms with Crippen LogP contribution in [0.5, 0.6) is 11.5 Å². The zero-order valence-electron chi connectivity index (χ0n) is 19.3. The Kier molecular flexibility index (Phi) is 5.29. The molecule has 0 atom stereocenters. The lowest BCUT2D eigenvalue weighted by Gasteiger charge is -2.34. The van der Waals surface area contributed by atoms with Crippen LogP contribution in [0.1, 0.15) is 36.1 Å². The van der Waals surface area contributed by atoms with E-state index in [4.69, 9.17) is 0 Å². The van der Waals surface area contributed by atoms with E-state index in [9.17, 15) is 19.8 Å². The summed E-state index contributed by atoms with van der Waals surface area (Å²) in [6.45, 7) is 2.78. The summed E-state index contributed by atoms with van der Waals surface area (Å²) in [5.41, 5.74) is 5.55. The van der Waals surface area contributed by atoms with Crippen LogP contribution >= 0.6 is 0 Å². The highest BCUT2D eigenvalue weighted by Gasteiger charge is 2.46. The quantitative estimate of drug-likeness (QED) is 0.269. The number of benzene rings is 4. The minimum Gasteiger partial charge on any atom is -0.506 e. The smallest absolute Gasteiger partial charge is 0.221 e. The van der Waals surface area contributed by atoms with Crippen LogP contribution in [-0.4, -0.2) is 22.0 Å². The van der Waals surface area contributed by atoms with E-state index in [0.29, 0.717) is 11.4 Å². The van der Waals surface area contributed by atoms with E-state index in [1.807, 2.05) is 36.4 Å². The number of anilines is 2. The van der Waals surface area contributed by atoms with E-state index in [2.05, 4.69) is 34.9 Å². The highest BCUT2D eigenvalue weighted by molar-refractivity contribution is 5.93. The Morgan fingerprint density at radius 2 is 1.03 bits per heavy atom. The first-order valence-electron chi connectivity index (χ1n) is 11.2. The first kappa shape index (κ1) is 22.2. The number of carbonyl (C=O) groups is 2. The highest BCUT2D eigenvalue weighted by Crippen LogP contribution is 2.57. The fourth-order valence-electron chi connectivity index (χ4n) is 5.14. The van der Waals surface area contributed by atoms with Crippen LogP contribution in [0.2, 0.25) is 0 Å². The van der Waals surface area contributed by atoms with Crippen LogP contribution in [0.25, 0.3) is 11.1 Å². The van der Waals surface area contributed by atoms with Crippen molar-refractivity contribution in [1.29, 1.82) is 0 Å². The van der Waals surface area contributed by atoms with Crippen LogP contribution in [0.4, 0.5) is 11.4 Å². The Balaban J connectivity index is 1.89. The van der Waals surface area contributed by atoms with E-state index in [-0.39, 0.29) is 23.3 Å². The highest BCUT2D eigenvalue weighted by atomic mass is 16.3. The maximum atomic E-state index is 11.8. The van der Waals surface area contributed by atoms with Gasteiger partial charge < -0.3 is 20.8 Å². The molecular formula is C29H24N2O4. The summed E-state index contributed by atoms with van der Waals surface area (Å²) in [6.07, 6.45) is 0. The summed E-state index contributed by atoms with van der Waals surface area (Å²) < 4.78 is 0. The molecule has 4 aromatic carbocycles. The Hall–Kier alpha value is -4.58. The van der Waals surface area contributed by atoms with E-state index >= 15 is 0 Å². The van der Waals surface area contributed by atoms with Gasteiger partial charge >= 0.3 is 0 Å². The number of aromatic hydroxyl groups is 2. The third-order valence-corrected chi connectivity index (χ3v) is 6.43. The van der Waals surface area contributed by atoms with Gasteiger partial charge in [0.25, 0.3) is 0 Å². The molecule has 5 rings (SSSR count). The van der Waals surface area contributed by atoms with Gasteiger partial charge in [0, 0.05) is 13.8 Å². The van der Waals surface area contributed by atoms with Gasteiger partial charge in [0.05, 0.1) is 16.8 Å². The van der Waals surface area contributed by atoms with Crippen LogP contribution < -0.4 is 10.6 Å². The zero-order chi connectivity index (χ0) is 24.7. The van der Waals surface area contributed by atoms with Crippen LogP contribution in [-0.2, 0) is 15.0 Å². The molecular weight excluding hydrogens is 440 g/mol. The van der Waals surface area contributed by atoms with Crippen molar-refractivity contribution < 1.29 is 19.8 Å². The molecule has 0 heterocycles. The Morgan fingerprint density at radius 1 is 0.629 bits per heavy atom. The van der Waals surface area contributed by atoms with Gasteiger partial charge in [-0.15, -0.1) is 0 Å². The molecule has 0 aliphatic heterocycles. The molecule has 0 bridgehead atoms. The van der Waals surface area contributed by atoms with Crippen LogP contribution in [0.15, 0.2) is 84.9 Å². The molecule has 1 aliphatic carbocycles. The molecule has 4 N–H and O–H groups in total. The standard InChI is InChI=1S/C29H24N2O4/c1-17(32)30-25-15-19(11-13-27(25)34)29(20-12-14-28(35)26(16-20)31-18(2)33)23-9-5-3-7-21(23)22-8-4-6-10-24(22)29/h3-16,34-35H,1-2H3,(H,30,32)(H,31,33). The number of hydrogen-bond donors (Lipinski definition) is 4. The molecule has 35 heavy (non-hydrogen) atoms. The Morgan fingerprint density at radius 3 is 1.43 bits per heavy atom. The average molecular weight is 465 g/mol. The normalized spacial score (nSPS) is 13.0. The number of phenolic OH excluding ortho intramolecular Hbond substituents is 2. The molecule has 0 saturated heterocycles. The first-order chi connectivity index (χ1) is 16.8. The van der Waals surface area contributed by atoms with E-state index < -0.39 is 5.41 Å². The lowest BCUT2D eigenvalue weighted by Crippen LogP contribution is -2.29. The van der Waals surface area contributed by atoms with Crippen molar-refractivity contribution in [1.82, 2.24) is 0 Å². The number of phenols is 2. The molecule has 0 saturated carbocycles. The summed E-state index contributed by atoms with van der Waals surface area (Å²) in [5, 5.41) is 26.3. The number of rotatable bonds is 4. The predicted molar refractivity (Wildman–Crippen MR) is 136 cm³/mol. The third kappa shape index (κ3) is 3.51. The molecule has 0 radical (unpaired) electrons. The molecule has 0 unspecified atom stereocenters. The van der Waals surface area contributed by atoms with E-state index in [0.717, 1.165) is 33.4 Å². The Bertz CT molecular complexity index is 1380. The van der Waals surface area contributed by atoms with Gasteiger partial charge in [-0.25, -0.2) is 0 Å². The number of hydrogen-bond acceptors (Lipinski definition) is 4. The summed E-state index contributed by atoms with van der Waals surface area (Å²) >= 11 is 0. The zero-order valence-corrected chi connectivity index (χ0v) is 19.3. The van der Waals surface area contributed by atoms with Gasteiger partial charge in [0.1, 0.15) is 11.5 Å². The second-order valence-electron chi connectivity index (χ2n) is 8.67. The lowest BCUT2D eigenvalue weighted by atomic mass is 9.67. The molecule has 0 aromatic heterocycles. The monoisotopic (exact) mass is 464 g/mol. The number of nitrogens with one attached hydrogen (secondary N) is 2. The van der Waals surface area contributed by atoms with Crippen LogP contribution in [0, 0.1) is 0 Å². The van der Waals surface area contributed by atoms with Gasteiger partial charge in [0.15, 0.2) is 0 Å². The second kappa shape index (κ2) is 8.33. The number of carbonyl (C=O) groups excluding carboxylic acids is 2. The molecule has 6 heteroatoms. The minimum atomic E-state index is -0.838. The van der Waals surface area contributed by atoms with Gasteiger partial charge in [-0.2, -0.15) is 0 Å². The van der Waals surface area contributed by atoms with Crippen LogP contribution in [0.3, 0.4) is 0 Å². The molecule has 1 aliphatic rings. The lowest BCUT2D eigenvalue weighted by molar-refractivity contribution is -0.115. The molecule has 0 fully saturated rings. The fraction of sp³-hybridized carbons (Fsp3) is 0.103. The Labute approximate surface area is 202 Å². The summed E-state index contributed by atoms with van der Waals surface area (Å²) in [6, 6.07) is 26.6. The molecule has 4 aromatic rings. The predicted octanol–water partition coefficient (Wildman–Crippen LogP) is 5.38. The molecule has 6 nitrogen and oxygen atoms in total. The van der Waals surface area contributed by atoms with E-state index in [1.54, 1.807) is 24.3 Å². The number of amides is 2. The largest absolute Gasteiger partial charge is 0.506 e. The fourth-order valence-corrected chi connectivity index (χ4v) is 5.14. The maximum absolute atomic E-state index is 11.8. The van der Waals surface area contributed by atoms with Crippen molar-refractivity contribution in [2.24, 2.45) is 0 Å². The third-order valence-electron chi connectivity index (χ3n) is 6.43. The summed E-state index contributed by atoms with van der Waals surface area (Å²) in [5.74, 6) is -0.667. The summed E-state index contributed by atoms with van der Waals surface area (Å²) in [4.78, 5) is 23.7. The average Bonchev–Trinajstić information content (AvgIpc) is 3.13. The van der Waals surface area contributed by atoms with Crippen molar-refractivity contribution >= 4 is 23.2 Å². The minimum absolute atomic E-state index is 0.0386. The van der Waals surface area contributed by atoms with Gasteiger partial charge in [0.2, 0.25) is 11.8 Å². The van der Waals surface area contributed by atoms with Crippen molar-refractivity contribution in [3.63, 3.8) is 0 Å². The van der Waals surface area contributed by atoms with E-state index in [1.165, 1.54) is 13.8 Å². The van der Waals surface area contributed by atoms with Gasteiger partial charge in [-0.3, -0.25) is 9.59 Å². The van der Waals surface area contributed by atoms with Gasteiger partial charge in [-0.1, -0.05) is 60.7 Å². The molecule has 174 valence electrons. The van der Waals surface area contributed by atoms with Crippen molar-refractivity contribution in [3.05, 3.63) is 107 Å². The van der Waals surface area contributed by atoms with Gasteiger partial charge in [-0.05, 0) is 57.6 Å². The summed E-state index contributed by atoms with van der Waals surface area (Å²) in [7, 11) is 0. The maximum Gasteiger partial charge on any atom is 0.221 e. The van der Waals surface area contributed by atoms with Crippen molar-refractivity contribution in [2.45, 2.75) is 19.3 Å². The topological polar surface area (TPSA) is 98.7 Å². The SMILES string of the molecule is CC(=O)Nc1cc(C2(c3ccc(O)c(NC(C)=O)c3)c3ccccc3-c3ccccc32)ccc1O. The molecule has 2 amide bonds. The first-order valence-corrected chi connectivity index (χ1v) is 11.2. The molecule has 0 spiro atoms. The second-order valence-corrected chi connectivity index (χ2v) is 8.67. The van der Waals surface area contributed by atoms with Crippen molar-refractivity contribution in [3.8, 4) is 22.6 Å². The van der Waals surface area contributed by atoms with Crippen molar-refractivity contribution in [2.75, 3.05) is 10.6 Å².